The predicted octanol–water partition coefficient (Wildman–Crippen LogP) is 6.31. The van der Waals surface area contributed by atoms with E-state index in [0.29, 0.717) is 45.5 Å². The van der Waals surface area contributed by atoms with Crippen molar-refractivity contribution in [3.63, 3.8) is 0 Å². The molecular weight excluding hydrogens is 514 g/mol. The molecule has 0 bridgehead atoms. The van der Waals surface area contributed by atoms with Crippen molar-refractivity contribution < 1.29 is 14.3 Å². The van der Waals surface area contributed by atoms with Crippen LogP contribution in [0.2, 0.25) is 5.02 Å². The average Bonchev–Trinajstić information content (AvgIpc) is 2.94. The Balaban J connectivity index is 1.53. The first kappa shape index (κ1) is 26.0. The van der Waals surface area contributed by atoms with Crippen LogP contribution in [-0.4, -0.2) is 22.6 Å². The van der Waals surface area contributed by atoms with Gasteiger partial charge in [-0.1, -0.05) is 41.9 Å². The first-order chi connectivity index (χ1) is 18.9. The molecule has 0 saturated carbocycles. The van der Waals surface area contributed by atoms with Crippen molar-refractivity contribution >= 4 is 34.1 Å². The van der Waals surface area contributed by atoms with Crippen molar-refractivity contribution in [2.75, 3.05) is 12.4 Å². The van der Waals surface area contributed by atoms with E-state index in [-0.39, 0.29) is 18.1 Å². The number of nitrogens with zero attached hydrogens (tertiary/aromatic N) is 2. The standard InChI is InChI=1S/C31H26ClN3O4/c1-20(36)33-25-10-12-26(13-11-25)39-19-23-16-22(8-15-29(23)38-2)30-34-28-14-9-24(32)17-27(28)31(37)35(30)18-21-6-4-3-5-7-21/h3-17H,18-19H2,1-2H3,(H,33,36). The van der Waals surface area contributed by atoms with Crippen molar-refractivity contribution in [3.05, 3.63) is 117 Å². The zero-order valence-corrected chi connectivity index (χ0v) is 22.2. The van der Waals surface area contributed by atoms with Gasteiger partial charge in [0.1, 0.15) is 23.9 Å². The SMILES string of the molecule is COc1ccc(-c2nc3ccc(Cl)cc3c(=O)n2Cc2ccccc2)cc1COc1ccc(NC(C)=O)cc1. The lowest BCUT2D eigenvalue weighted by Gasteiger charge is -2.16. The molecule has 7 nitrogen and oxygen atoms in total. The maximum absolute atomic E-state index is 13.7. The highest BCUT2D eigenvalue weighted by Gasteiger charge is 2.16. The van der Waals surface area contributed by atoms with E-state index in [4.69, 9.17) is 26.1 Å². The number of halogens is 1. The normalized spacial score (nSPS) is 10.8. The largest absolute Gasteiger partial charge is 0.496 e. The monoisotopic (exact) mass is 539 g/mol. The first-order valence-electron chi connectivity index (χ1n) is 12.3. The van der Waals surface area contributed by atoms with Gasteiger partial charge in [0, 0.05) is 28.8 Å². The molecule has 0 aliphatic heterocycles. The number of amides is 1. The number of aromatic nitrogens is 2. The Labute approximate surface area is 230 Å². The van der Waals surface area contributed by atoms with Crippen molar-refractivity contribution in [3.8, 4) is 22.9 Å². The molecule has 8 heteroatoms. The molecule has 0 radical (unpaired) electrons. The van der Waals surface area contributed by atoms with Gasteiger partial charge in [-0.05, 0) is 66.2 Å². The Morgan fingerprint density at radius 3 is 2.46 bits per heavy atom. The van der Waals surface area contributed by atoms with Crippen LogP contribution < -0.4 is 20.3 Å². The summed E-state index contributed by atoms with van der Waals surface area (Å²) in [4.78, 5) is 29.8. The minimum absolute atomic E-state index is 0.138. The number of carbonyl (C=O) groups excluding carboxylic acids is 1. The molecule has 196 valence electrons. The molecule has 1 N–H and O–H groups in total. The van der Waals surface area contributed by atoms with Crippen molar-refractivity contribution in [1.82, 2.24) is 9.55 Å². The number of hydrogen-bond acceptors (Lipinski definition) is 5. The Bertz CT molecular complexity index is 1700. The number of benzene rings is 4. The molecule has 4 aromatic carbocycles. The number of nitrogens with one attached hydrogen (secondary N) is 1. The Kier molecular flexibility index (Phi) is 7.61. The van der Waals surface area contributed by atoms with Crippen LogP contribution in [0.25, 0.3) is 22.3 Å². The summed E-state index contributed by atoms with van der Waals surface area (Å²) in [6.07, 6.45) is 0. The van der Waals surface area contributed by atoms with Crippen LogP contribution in [0.3, 0.4) is 0 Å². The number of rotatable bonds is 8. The van der Waals surface area contributed by atoms with Gasteiger partial charge in [-0.3, -0.25) is 14.2 Å². The van der Waals surface area contributed by atoms with Gasteiger partial charge in [0.2, 0.25) is 5.91 Å². The Morgan fingerprint density at radius 1 is 0.974 bits per heavy atom. The number of fused-ring (bicyclic) bond motifs is 1. The quantitative estimate of drug-likeness (QED) is 0.250. The van der Waals surface area contributed by atoms with E-state index in [9.17, 15) is 9.59 Å². The van der Waals surface area contributed by atoms with Gasteiger partial charge in [-0.2, -0.15) is 0 Å². The minimum atomic E-state index is -0.172. The van der Waals surface area contributed by atoms with E-state index >= 15 is 0 Å². The molecule has 5 rings (SSSR count). The molecule has 0 saturated heterocycles. The van der Waals surface area contributed by atoms with Crippen LogP contribution >= 0.6 is 11.6 Å². The van der Waals surface area contributed by atoms with Gasteiger partial charge < -0.3 is 14.8 Å². The zero-order valence-electron chi connectivity index (χ0n) is 21.5. The highest BCUT2D eigenvalue weighted by atomic mass is 35.5. The summed E-state index contributed by atoms with van der Waals surface area (Å²) < 4.78 is 13.3. The summed E-state index contributed by atoms with van der Waals surface area (Å²) in [5.74, 6) is 1.68. The second kappa shape index (κ2) is 11.4. The first-order valence-corrected chi connectivity index (χ1v) is 12.7. The summed E-state index contributed by atoms with van der Waals surface area (Å²) >= 11 is 6.21. The van der Waals surface area contributed by atoms with Crippen molar-refractivity contribution in [2.45, 2.75) is 20.1 Å². The number of carbonyl (C=O) groups is 1. The highest BCUT2D eigenvalue weighted by Crippen LogP contribution is 2.29. The zero-order chi connectivity index (χ0) is 27.4. The molecule has 1 amide bonds. The van der Waals surface area contributed by atoms with E-state index in [1.54, 1.807) is 54.1 Å². The molecule has 5 aromatic rings. The van der Waals surface area contributed by atoms with Crippen LogP contribution in [0.15, 0.2) is 95.8 Å². The lowest BCUT2D eigenvalue weighted by molar-refractivity contribution is -0.114. The second-order valence-corrected chi connectivity index (χ2v) is 9.43. The van der Waals surface area contributed by atoms with Crippen LogP contribution in [0.5, 0.6) is 11.5 Å². The Morgan fingerprint density at radius 2 is 1.74 bits per heavy atom. The van der Waals surface area contributed by atoms with Gasteiger partial charge in [0.15, 0.2) is 0 Å². The van der Waals surface area contributed by atoms with Crippen molar-refractivity contribution in [1.29, 1.82) is 0 Å². The summed E-state index contributed by atoms with van der Waals surface area (Å²) in [6, 6.07) is 27.7. The lowest BCUT2D eigenvalue weighted by Crippen LogP contribution is -2.24. The number of methoxy groups -OCH3 is 1. The fraction of sp³-hybridized carbons (Fsp3) is 0.129. The van der Waals surface area contributed by atoms with Gasteiger partial charge in [0.05, 0.1) is 24.6 Å². The maximum atomic E-state index is 13.7. The molecule has 0 unspecified atom stereocenters. The van der Waals surface area contributed by atoms with E-state index in [1.165, 1.54) is 6.92 Å². The average molecular weight is 540 g/mol. The molecule has 0 spiro atoms. The number of hydrogen-bond donors (Lipinski definition) is 1. The predicted molar refractivity (Wildman–Crippen MR) is 154 cm³/mol. The van der Waals surface area contributed by atoms with Gasteiger partial charge in [0.25, 0.3) is 5.56 Å². The Hall–Kier alpha value is -4.62. The van der Waals surface area contributed by atoms with Gasteiger partial charge in [-0.15, -0.1) is 0 Å². The maximum Gasteiger partial charge on any atom is 0.262 e. The van der Waals surface area contributed by atoms with E-state index < -0.39 is 0 Å². The van der Waals surface area contributed by atoms with Crippen molar-refractivity contribution in [2.24, 2.45) is 0 Å². The van der Waals surface area contributed by atoms with E-state index in [1.807, 2.05) is 48.5 Å². The molecule has 1 aromatic heterocycles. The van der Waals surface area contributed by atoms with Crippen LogP contribution in [0.1, 0.15) is 18.1 Å². The molecule has 0 fully saturated rings. The number of ether oxygens (including phenoxy) is 2. The summed E-state index contributed by atoms with van der Waals surface area (Å²) in [5, 5.41) is 3.68. The van der Waals surface area contributed by atoms with E-state index in [0.717, 1.165) is 16.7 Å². The van der Waals surface area contributed by atoms with Gasteiger partial charge >= 0.3 is 0 Å². The molecule has 0 aliphatic rings. The number of anilines is 1. The highest BCUT2D eigenvalue weighted by molar-refractivity contribution is 6.31. The summed E-state index contributed by atoms with van der Waals surface area (Å²) in [5.41, 5.74) is 3.60. The van der Waals surface area contributed by atoms with Crippen LogP contribution in [0.4, 0.5) is 5.69 Å². The molecular formula is C31H26ClN3O4. The fourth-order valence-corrected chi connectivity index (χ4v) is 4.53. The molecule has 0 atom stereocenters. The smallest absolute Gasteiger partial charge is 0.262 e. The van der Waals surface area contributed by atoms with Crippen LogP contribution in [-0.2, 0) is 17.9 Å². The topological polar surface area (TPSA) is 82.4 Å². The summed E-state index contributed by atoms with van der Waals surface area (Å²) in [6.45, 7) is 2.04. The third-order valence-electron chi connectivity index (χ3n) is 6.21. The van der Waals surface area contributed by atoms with Crippen LogP contribution in [0, 0.1) is 0 Å². The molecule has 1 heterocycles. The fourth-order valence-electron chi connectivity index (χ4n) is 4.36. The van der Waals surface area contributed by atoms with E-state index in [2.05, 4.69) is 5.32 Å². The summed E-state index contributed by atoms with van der Waals surface area (Å²) in [7, 11) is 1.60. The molecule has 39 heavy (non-hydrogen) atoms. The lowest BCUT2D eigenvalue weighted by atomic mass is 10.1. The second-order valence-electron chi connectivity index (χ2n) is 8.99. The minimum Gasteiger partial charge on any atom is -0.496 e. The van der Waals surface area contributed by atoms with Gasteiger partial charge in [-0.25, -0.2) is 4.98 Å². The third kappa shape index (κ3) is 5.94. The third-order valence-corrected chi connectivity index (χ3v) is 6.44. The molecule has 0 aliphatic carbocycles.